The highest BCUT2D eigenvalue weighted by atomic mass is 31.2. The maximum Gasteiger partial charge on any atom is 0.281 e. The van der Waals surface area contributed by atoms with Crippen molar-refractivity contribution in [3.8, 4) is 0 Å². The molecule has 114 valence electrons. The number of hydrogen-bond acceptors (Lipinski definition) is 2. The second kappa shape index (κ2) is 5.92. The van der Waals surface area contributed by atoms with E-state index in [9.17, 15) is 4.57 Å². The van der Waals surface area contributed by atoms with Gasteiger partial charge in [0, 0.05) is 0 Å². The molecule has 0 saturated carbocycles. The van der Waals surface area contributed by atoms with Crippen LogP contribution in [0.15, 0.2) is 47.6 Å². The predicted molar refractivity (Wildman–Crippen MR) is 88.4 cm³/mol. The zero-order chi connectivity index (χ0) is 15.7. The van der Waals surface area contributed by atoms with Gasteiger partial charge in [0.25, 0.3) is 7.52 Å². The Morgan fingerprint density at radius 2 is 1.86 bits per heavy atom. The molecule has 21 heavy (non-hydrogen) atoms. The van der Waals surface area contributed by atoms with Crippen LogP contribution in [0.25, 0.3) is 0 Å². The summed E-state index contributed by atoms with van der Waals surface area (Å²) in [4.78, 5) is 0. The standard InChI is InChI=1S/C17H24NO2P/c1-5-20-21(18,19)17(11-14(3)10-15(4)12-17)16-8-6-13(2)7-9-16/h6-11H,5,12H2,1-4H3,(H2,18,19). The van der Waals surface area contributed by atoms with Crippen LogP contribution >= 0.6 is 7.52 Å². The lowest BCUT2D eigenvalue weighted by Crippen LogP contribution is -2.31. The predicted octanol–water partition coefficient (Wildman–Crippen LogP) is 4.67. The molecule has 0 aliphatic heterocycles. The van der Waals surface area contributed by atoms with Gasteiger partial charge in [0.15, 0.2) is 0 Å². The molecule has 2 unspecified atom stereocenters. The summed E-state index contributed by atoms with van der Waals surface area (Å²) in [5.74, 6) is 0. The Morgan fingerprint density at radius 1 is 1.24 bits per heavy atom. The van der Waals surface area contributed by atoms with E-state index in [2.05, 4.69) is 6.08 Å². The van der Waals surface area contributed by atoms with Gasteiger partial charge in [-0.2, -0.15) is 0 Å². The van der Waals surface area contributed by atoms with Gasteiger partial charge in [-0.05, 0) is 39.7 Å². The van der Waals surface area contributed by atoms with Gasteiger partial charge in [-0.1, -0.05) is 53.1 Å². The summed E-state index contributed by atoms with van der Waals surface area (Å²) in [5.41, 5.74) is 10.6. The highest BCUT2D eigenvalue weighted by Crippen LogP contribution is 2.63. The molecule has 4 heteroatoms. The zero-order valence-electron chi connectivity index (χ0n) is 13.2. The number of aryl methyl sites for hydroxylation is 1. The fourth-order valence-corrected chi connectivity index (χ4v) is 5.03. The van der Waals surface area contributed by atoms with E-state index >= 15 is 0 Å². The fourth-order valence-electron chi connectivity index (χ4n) is 3.05. The first-order valence-corrected chi connectivity index (χ1v) is 8.97. The number of allylic oxidation sites excluding steroid dienone is 4. The topological polar surface area (TPSA) is 52.3 Å². The van der Waals surface area contributed by atoms with E-state index < -0.39 is 12.7 Å². The third-order valence-electron chi connectivity index (χ3n) is 3.92. The van der Waals surface area contributed by atoms with Crippen LogP contribution in [0, 0.1) is 6.92 Å². The van der Waals surface area contributed by atoms with Crippen molar-refractivity contribution in [2.75, 3.05) is 6.61 Å². The van der Waals surface area contributed by atoms with Crippen LogP contribution in [0.4, 0.5) is 0 Å². The van der Waals surface area contributed by atoms with Crippen molar-refractivity contribution in [3.05, 3.63) is 58.7 Å². The molecular formula is C17H24NO2P. The SMILES string of the molecule is CCOP(N)(=O)C1(c2ccc(C)cc2)C=C(C)C=C(C)C1. The Bertz CT molecular complexity index is 631. The maximum atomic E-state index is 13.2. The third kappa shape index (κ3) is 3.06. The van der Waals surface area contributed by atoms with Crippen LogP contribution in [0.3, 0.4) is 0 Å². The molecule has 1 aliphatic carbocycles. The molecule has 1 aromatic carbocycles. The second-order valence-corrected chi connectivity index (χ2v) is 8.11. The molecule has 0 saturated heterocycles. The average molecular weight is 305 g/mol. The monoisotopic (exact) mass is 305 g/mol. The first-order valence-electron chi connectivity index (χ1n) is 7.28. The molecule has 1 aromatic rings. The fraction of sp³-hybridized carbons (Fsp3) is 0.412. The molecule has 2 atom stereocenters. The molecule has 0 aromatic heterocycles. The van der Waals surface area contributed by atoms with E-state index in [1.807, 2.05) is 58.0 Å². The summed E-state index contributed by atoms with van der Waals surface area (Å²) < 4.78 is 18.7. The molecule has 1 aliphatic rings. The molecule has 0 amide bonds. The normalized spacial score (nSPS) is 25.0. The van der Waals surface area contributed by atoms with E-state index in [0.717, 1.165) is 11.1 Å². The number of hydrogen-bond donors (Lipinski definition) is 1. The van der Waals surface area contributed by atoms with Gasteiger partial charge >= 0.3 is 0 Å². The lowest BCUT2D eigenvalue weighted by atomic mass is 9.85. The summed E-state index contributed by atoms with van der Waals surface area (Å²) in [6, 6.07) is 8.08. The Morgan fingerprint density at radius 3 is 2.38 bits per heavy atom. The highest BCUT2D eigenvalue weighted by Gasteiger charge is 2.47. The van der Waals surface area contributed by atoms with Crippen LogP contribution in [0.2, 0.25) is 0 Å². The Hall–Kier alpha value is -1.15. The van der Waals surface area contributed by atoms with Crippen LogP contribution in [0.5, 0.6) is 0 Å². The lowest BCUT2D eigenvalue weighted by Gasteiger charge is -2.38. The van der Waals surface area contributed by atoms with E-state index in [1.54, 1.807) is 0 Å². The average Bonchev–Trinajstić information content (AvgIpc) is 2.37. The molecule has 2 N–H and O–H groups in total. The summed E-state index contributed by atoms with van der Waals surface area (Å²) in [6.07, 6.45) is 4.75. The van der Waals surface area contributed by atoms with E-state index in [4.69, 9.17) is 10.0 Å². The molecule has 0 bridgehead atoms. The van der Waals surface area contributed by atoms with Crippen LogP contribution in [0.1, 0.15) is 38.3 Å². The smallest absolute Gasteiger partial charge is 0.281 e. The van der Waals surface area contributed by atoms with E-state index in [1.165, 1.54) is 11.1 Å². The summed E-state index contributed by atoms with van der Waals surface area (Å²) in [6.45, 7) is 8.26. The first-order chi connectivity index (χ1) is 9.80. The molecule has 0 radical (unpaired) electrons. The largest absolute Gasteiger partial charge is 0.317 e. The minimum atomic E-state index is -3.33. The van der Waals surface area contributed by atoms with Gasteiger partial charge in [-0.15, -0.1) is 0 Å². The van der Waals surface area contributed by atoms with Crippen LogP contribution in [-0.4, -0.2) is 6.61 Å². The van der Waals surface area contributed by atoms with Crippen molar-refractivity contribution < 1.29 is 9.09 Å². The van der Waals surface area contributed by atoms with Crippen molar-refractivity contribution in [2.45, 2.75) is 39.3 Å². The van der Waals surface area contributed by atoms with Gasteiger partial charge < -0.3 is 4.52 Å². The van der Waals surface area contributed by atoms with E-state index in [0.29, 0.717) is 13.0 Å². The van der Waals surface area contributed by atoms with Gasteiger partial charge in [0.05, 0.1) is 6.61 Å². The number of nitrogens with two attached hydrogens (primary N) is 1. The molecule has 0 fully saturated rings. The Kier molecular flexibility index (Phi) is 4.57. The van der Waals surface area contributed by atoms with Crippen molar-refractivity contribution in [1.82, 2.24) is 0 Å². The first kappa shape index (κ1) is 16.2. The van der Waals surface area contributed by atoms with Gasteiger partial charge in [-0.3, -0.25) is 10.1 Å². The number of benzene rings is 1. The molecule has 0 heterocycles. The summed E-state index contributed by atoms with van der Waals surface area (Å²) in [5, 5.41) is -0.764. The second-order valence-electron chi connectivity index (χ2n) is 5.86. The van der Waals surface area contributed by atoms with Gasteiger partial charge in [0.1, 0.15) is 5.16 Å². The van der Waals surface area contributed by atoms with E-state index in [-0.39, 0.29) is 0 Å². The third-order valence-corrected chi connectivity index (χ3v) is 6.22. The molecular weight excluding hydrogens is 281 g/mol. The van der Waals surface area contributed by atoms with Crippen molar-refractivity contribution >= 4 is 7.52 Å². The van der Waals surface area contributed by atoms with Crippen molar-refractivity contribution in [2.24, 2.45) is 5.50 Å². The Labute approximate surface area is 127 Å². The minimum Gasteiger partial charge on any atom is -0.317 e. The number of rotatable bonds is 4. The minimum absolute atomic E-state index is 0.344. The van der Waals surface area contributed by atoms with Crippen molar-refractivity contribution in [3.63, 3.8) is 0 Å². The molecule has 0 spiro atoms. The zero-order valence-corrected chi connectivity index (χ0v) is 14.1. The highest BCUT2D eigenvalue weighted by molar-refractivity contribution is 7.58. The quantitative estimate of drug-likeness (QED) is 0.822. The summed E-state index contributed by atoms with van der Waals surface area (Å²) >= 11 is 0. The van der Waals surface area contributed by atoms with Crippen LogP contribution in [-0.2, 0) is 14.2 Å². The lowest BCUT2D eigenvalue weighted by molar-refractivity contribution is 0.315. The summed E-state index contributed by atoms with van der Waals surface area (Å²) in [7, 11) is -3.33. The molecule has 2 rings (SSSR count). The maximum absolute atomic E-state index is 13.2. The van der Waals surface area contributed by atoms with Crippen LogP contribution < -0.4 is 5.50 Å². The molecule has 3 nitrogen and oxygen atoms in total. The Balaban J connectivity index is 2.63. The van der Waals surface area contributed by atoms with Gasteiger partial charge in [-0.25, -0.2) is 0 Å². The van der Waals surface area contributed by atoms with Gasteiger partial charge in [0.2, 0.25) is 0 Å². The van der Waals surface area contributed by atoms with Crippen molar-refractivity contribution in [1.29, 1.82) is 0 Å².